The van der Waals surface area contributed by atoms with Gasteiger partial charge in [-0.15, -0.1) is 0 Å². The molecular formula is C13H23BrOS. The Kier molecular flexibility index (Phi) is 5.50. The normalized spacial score (nSPS) is 29.4. The molecule has 0 spiro atoms. The first-order valence-corrected chi connectivity index (χ1v) is 8.88. The molecule has 2 aliphatic rings. The van der Waals surface area contributed by atoms with Crippen LogP contribution in [-0.4, -0.2) is 29.5 Å². The van der Waals surface area contributed by atoms with E-state index in [1.54, 1.807) is 0 Å². The summed E-state index contributed by atoms with van der Waals surface area (Å²) in [5, 5.41) is 1.19. The molecule has 0 radical (unpaired) electrons. The Morgan fingerprint density at radius 3 is 2.62 bits per heavy atom. The molecule has 3 heteroatoms. The summed E-state index contributed by atoms with van der Waals surface area (Å²) in [7, 11) is 0. The van der Waals surface area contributed by atoms with Gasteiger partial charge < -0.3 is 4.74 Å². The Hall–Kier alpha value is 0.790. The molecule has 1 aliphatic carbocycles. The van der Waals surface area contributed by atoms with Gasteiger partial charge in [-0.05, 0) is 36.9 Å². The van der Waals surface area contributed by atoms with Crippen LogP contribution in [0.4, 0.5) is 0 Å². The molecule has 0 amide bonds. The molecule has 1 unspecified atom stereocenters. The van der Waals surface area contributed by atoms with Crippen molar-refractivity contribution in [1.82, 2.24) is 0 Å². The van der Waals surface area contributed by atoms with Crippen molar-refractivity contribution in [1.29, 1.82) is 0 Å². The fourth-order valence-corrected chi connectivity index (χ4v) is 5.29. The van der Waals surface area contributed by atoms with Crippen LogP contribution >= 0.6 is 27.7 Å². The average molecular weight is 307 g/mol. The second kappa shape index (κ2) is 6.65. The smallest absolute Gasteiger partial charge is 0.0666 e. The molecule has 1 atom stereocenters. The summed E-state index contributed by atoms with van der Waals surface area (Å²) in [6.45, 7) is 0.995. The van der Waals surface area contributed by atoms with Crippen molar-refractivity contribution >= 4 is 27.7 Å². The van der Waals surface area contributed by atoms with Crippen molar-refractivity contribution in [3.8, 4) is 0 Å². The van der Waals surface area contributed by atoms with Gasteiger partial charge in [0.2, 0.25) is 0 Å². The third-order valence-electron chi connectivity index (χ3n) is 3.93. The van der Waals surface area contributed by atoms with Crippen molar-refractivity contribution in [3.05, 3.63) is 0 Å². The highest BCUT2D eigenvalue weighted by Gasteiger charge is 2.31. The molecule has 1 nitrogen and oxygen atoms in total. The van der Waals surface area contributed by atoms with Crippen LogP contribution in [0.1, 0.15) is 44.9 Å². The Morgan fingerprint density at radius 1 is 1.19 bits per heavy atom. The molecule has 2 rings (SSSR count). The SMILES string of the molecule is BrCC1(CSCC2CCCO2)CCCCC1. The summed E-state index contributed by atoms with van der Waals surface area (Å²) in [5.41, 5.74) is 0.599. The largest absolute Gasteiger partial charge is 0.377 e. The molecule has 0 aromatic rings. The molecule has 94 valence electrons. The maximum absolute atomic E-state index is 5.68. The van der Waals surface area contributed by atoms with Crippen molar-refractivity contribution in [2.24, 2.45) is 5.41 Å². The zero-order valence-electron chi connectivity index (χ0n) is 10.0. The third kappa shape index (κ3) is 3.64. The van der Waals surface area contributed by atoms with E-state index in [0.717, 1.165) is 6.61 Å². The Labute approximate surface area is 112 Å². The van der Waals surface area contributed by atoms with Crippen LogP contribution in [-0.2, 0) is 4.74 Å². The molecule has 0 aromatic carbocycles. The van der Waals surface area contributed by atoms with E-state index in [4.69, 9.17) is 4.74 Å². The minimum Gasteiger partial charge on any atom is -0.377 e. The molecule has 1 saturated carbocycles. The minimum absolute atomic E-state index is 0.556. The predicted octanol–water partition coefficient (Wildman–Crippen LogP) is 4.24. The lowest BCUT2D eigenvalue weighted by molar-refractivity contribution is 0.128. The molecule has 16 heavy (non-hydrogen) atoms. The minimum atomic E-state index is 0.556. The Balaban J connectivity index is 1.69. The van der Waals surface area contributed by atoms with E-state index in [1.807, 2.05) is 0 Å². The van der Waals surface area contributed by atoms with Gasteiger partial charge in [-0.25, -0.2) is 0 Å². The Morgan fingerprint density at radius 2 is 2.00 bits per heavy atom. The molecule has 0 N–H and O–H groups in total. The molecule has 0 bridgehead atoms. The highest BCUT2D eigenvalue weighted by atomic mass is 79.9. The first-order valence-electron chi connectivity index (χ1n) is 6.60. The maximum atomic E-state index is 5.68. The quantitative estimate of drug-likeness (QED) is 0.702. The van der Waals surface area contributed by atoms with Crippen LogP contribution in [0, 0.1) is 5.41 Å². The van der Waals surface area contributed by atoms with Gasteiger partial charge in [-0.2, -0.15) is 11.8 Å². The van der Waals surface area contributed by atoms with Crippen LogP contribution in [0.3, 0.4) is 0 Å². The highest BCUT2D eigenvalue weighted by molar-refractivity contribution is 9.09. The number of rotatable bonds is 5. The molecule has 1 saturated heterocycles. The van der Waals surface area contributed by atoms with Gasteiger partial charge in [0, 0.05) is 17.7 Å². The molecule has 1 aliphatic heterocycles. The number of thioether (sulfide) groups is 1. The standard InChI is InChI=1S/C13H23BrOS/c14-10-13(6-2-1-3-7-13)11-16-9-12-5-4-8-15-12/h12H,1-11H2. The summed E-state index contributed by atoms with van der Waals surface area (Å²) in [4.78, 5) is 0. The van der Waals surface area contributed by atoms with E-state index in [1.165, 1.54) is 61.8 Å². The van der Waals surface area contributed by atoms with Gasteiger partial charge in [0.25, 0.3) is 0 Å². The maximum Gasteiger partial charge on any atom is 0.0666 e. The average Bonchev–Trinajstić information content (AvgIpc) is 2.83. The summed E-state index contributed by atoms with van der Waals surface area (Å²) in [6.07, 6.45) is 10.3. The van der Waals surface area contributed by atoms with Crippen LogP contribution < -0.4 is 0 Å². The van der Waals surface area contributed by atoms with Crippen molar-refractivity contribution in [3.63, 3.8) is 0 Å². The number of hydrogen-bond acceptors (Lipinski definition) is 2. The molecule has 1 heterocycles. The summed E-state index contributed by atoms with van der Waals surface area (Å²) < 4.78 is 5.68. The van der Waals surface area contributed by atoms with Crippen molar-refractivity contribution in [2.75, 3.05) is 23.4 Å². The Bertz CT molecular complexity index is 198. The van der Waals surface area contributed by atoms with Crippen LogP contribution in [0.2, 0.25) is 0 Å². The van der Waals surface area contributed by atoms with Gasteiger partial charge in [-0.3, -0.25) is 0 Å². The number of ether oxygens (including phenoxy) is 1. The number of hydrogen-bond donors (Lipinski definition) is 0. The van der Waals surface area contributed by atoms with Gasteiger partial charge >= 0.3 is 0 Å². The van der Waals surface area contributed by atoms with E-state index in [-0.39, 0.29) is 0 Å². The third-order valence-corrected chi connectivity index (χ3v) is 6.55. The lowest BCUT2D eigenvalue weighted by Gasteiger charge is -2.35. The van der Waals surface area contributed by atoms with Gasteiger partial charge in [0.15, 0.2) is 0 Å². The molecular weight excluding hydrogens is 284 g/mol. The second-order valence-corrected chi connectivity index (χ2v) is 6.94. The van der Waals surface area contributed by atoms with E-state index in [9.17, 15) is 0 Å². The van der Waals surface area contributed by atoms with E-state index in [0.29, 0.717) is 11.5 Å². The van der Waals surface area contributed by atoms with E-state index >= 15 is 0 Å². The van der Waals surface area contributed by atoms with E-state index in [2.05, 4.69) is 27.7 Å². The van der Waals surface area contributed by atoms with E-state index < -0.39 is 0 Å². The highest BCUT2D eigenvalue weighted by Crippen LogP contribution is 2.40. The first-order chi connectivity index (χ1) is 7.85. The van der Waals surface area contributed by atoms with Gasteiger partial charge in [0.1, 0.15) is 0 Å². The lowest BCUT2D eigenvalue weighted by Crippen LogP contribution is -2.29. The fourth-order valence-electron chi connectivity index (χ4n) is 2.80. The zero-order chi connectivity index (χ0) is 11.3. The van der Waals surface area contributed by atoms with Crippen molar-refractivity contribution in [2.45, 2.75) is 51.0 Å². The second-order valence-electron chi connectivity index (χ2n) is 5.34. The summed E-state index contributed by atoms with van der Waals surface area (Å²) in [5.74, 6) is 2.55. The first kappa shape index (κ1) is 13.2. The van der Waals surface area contributed by atoms with Crippen LogP contribution in [0.15, 0.2) is 0 Å². The molecule has 2 fully saturated rings. The number of alkyl halides is 1. The van der Waals surface area contributed by atoms with Gasteiger partial charge in [0.05, 0.1) is 6.10 Å². The lowest BCUT2D eigenvalue weighted by atomic mass is 9.77. The molecule has 0 aromatic heterocycles. The predicted molar refractivity (Wildman–Crippen MR) is 75.6 cm³/mol. The zero-order valence-corrected chi connectivity index (χ0v) is 12.5. The summed E-state index contributed by atoms with van der Waals surface area (Å²) >= 11 is 5.86. The van der Waals surface area contributed by atoms with Crippen LogP contribution in [0.25, 0.3) is 0 Å². The summed E-state index contributed by atoms with van der Waals surface area (Å²) in [6, 6.07) is 0. The fraction of sp³-hybridized carbons (Fsp3) is 1.00. The monoisotopic (exact) mass is 306 g/mol. The topological polar surface area (TPSA) is 9.23 Å². The number of halogens is 1. The van der Waals surface area contributed by atoms with Crippen LogP contribution in [0.5, 0.6) is 0 Å². The van der Waals surface area contributed by atoms with Gasteiger partial charge in [-0.1, -0.05) is 35.2 Å². The van der Waals surface area contributed by atoms with Crippen molar-refractivity contribution < 1.29 is 4.74 Å².